The molecule has 20 heavy (non-hydrogen) atoms. The number of carbonyl (C=O) groups is 3. The monoisotopic (exact) mass is 278 g/mol. The molecule has 0 fully saturated rings. The largest absolute Gasteiger partial charge is 0.452 e. The van der Waals surface area contributed by atoms with Crippen LogP contribution in [0.3, 0.4) is 0 Å². The average molecular weight is 278 g/mol. The molecule has 6 nitrogen and oxygen atoms in total. The first kappa shape index (κ1) is 15.7. The summed E-state index contributed by atoms with van der Waals surface area (Å²) in [6, 6.07) is 5.33. The number of rotatable bonds is 5. The molecule has 0 radical (unpaired) electrons. The van der Waals surface area contributed by atoms with Crippen molar-refractivity contribution in [3.8, 4) is 0 Å². The minimum absolute atomic E-state index is 0.142. The fraction of sp³-hybridized carbons (Fsp3) is 0.357. The Hall–Kier alpha value is -2.37. The molecule has 0 spiro atoms. The highest BCUT2D eigenvalue weighted by Crippen LogP contribution is 2.11. The van der Waals surface area contributed by atoms with Crippen LogP contribution in [0, 0.1) is 13.8 Å². The maximum atomic E-state index is 11.8. The second-order valence-corrected chi connectivity index (χ2v) is 4.34. The number of benzene rings is 1. The van der Waals surface area contributed by atoms with Crippen molar-refractivity contribution in [1.29, 1.82) is 0 Å². The van der Waals surface area contributed by atoms with Gasteiger partial charge in [-0.15, -0.1) is 0 Å². The third-order valence-electron chi connectivity index (χ3n) is 2.66. The highest BCUT2D eigenvalue weighted by Gasteiger charge is 2.12. The summed E-state index contributed by atoms with van der Waals surface area (Å²) < 4.78 is 4.89. The molecule has 0 aliphatic carbocycles. The van der Waals surface area contributed by atoms with E-state index in [1.165, 1.54) is 7.05 Å². The van der Waals surface area contributed by atoms with Gasteiger partial charge in [-0.2, -0.15) is 0 Å². The molecule has 0 aromatic heterocycles. The summed E-state index contributed by atoms with van der Waals surface area (Å²) in [5.74, 6) is -1.40. The fourth-order valence-corrected chi connectivity index (χ4v) is 1.57. The van der Waals surface area contributed by atoms with Gasteiger partial charge < -0.3 is 15.4 Å². The van der Waals surface area contributed by atoms with Gasteiger partial charge in [0.05, 0.1) is 12.1 Å². The van der Waals surface area contributed by atoms with Crippen LogP contribution < -0.4 is 10.6 Å². The van der Waals surface area contributed by atoms with Crippen LogP contribution in [0.5, 0.6) is 0 Å². The smallest absolute Gasteiger partial charge is 0.338 e. The van der Waals surface area contributed by atoms with E-state index in [4.69, 9.17) is 4.74 Å². The predicted molar refractivity (Wildman–Crippen MR) is 73.3 cm³/mol. The van der Waals surface area contributed by atoms with E-state index < -0.39 is 18.5 Å². The van der Waals surface area contributed by atoms with Crippen molar-refractivity contribution in [3.63, 3.8) is 0 Å². The Bertz CT molecular complexity index is 526. The lowest BCUT2D eigenvalue weighted by atomic mass is 10.1. The van der Waals surface area contributed by atoms with Gasteiger partial charge in [-0.3, -0.25) is 9.59 Å². The second kappa shape index (κ2) is 7.28. The van der Waals surface area contributed by atoms with E-state index in [1.807, 2.05) is 13.0 Å². The first-order valence-electron chi connectivity index (χ1n) is 6.15. The molecule has 0 atom stereocenters. The van der Waals surface area contributed by atoms with Crippen molar-refractivity contribution in [3.05, 3.63) is 34.9 Å². The molecule has 0 aliphatic heterocycles. The van der Waals surface area contributed by atoms with Crippen molar-refractivity contribution in [2.24, 2.45) is 0 Å². The quantitative estimate of drug-likeness (QED) is 0.760. The molecule has 0 saturated carbocycles. The molecule has 1 rings (SSSR count). The summed E-state index contributed by atoms with van der Waals surface area (Å²) in [7, 11) is 1.47. The molecule has 0 unspecified atom stereocenters. The van der Waals surface area contributed by atoms with Crippen LogP contribution in [0.1, 0.15) is 21.5 Å². The summed E-state index contributed by atoms with van der Waals surface area (Å²) in [5.41, 5.74) is 2.26. The van der Waals surface area contributed by atoms with Crippen molar-refractivity contribution in [2.75, 3.05) is 20.2 Å². The number of amides is 2. The molecular formula is C14H18N2O4. The number of esters is 1. The molecule has 6 heteroatoms. The zero-order valence-corrected chi connectivity index (χ0v) is 11.8. The summed E-state index contributed by atoms with van der Waals surface area (Å²) in [6.07, 6.45) is 0. The van der Waals surface area contributed by atoms with E-state index in [0.29, 0.717) is 5.56 Å². The van der Waals surface area contributed by atoms with Gasteiger partial charge in [0.2, 0.25) is 5.91 Å². The molecule has 2 N–H and O–H groups in total. The molecule has 2 amide bonds. The first-order valence-corrected chi connectivity index (χ1v) is 6.15. The molecule has 1 aromatic carbocycles. The van der Waals surface area contributed by atoms with E-state index in [0.717, 1.165) is 11.1 Å². The lowest BCUT2D eigenvalue weighted by Gasteiger charge is -2.08. The average Bonchev–Trinajstić information content (AvgIpc) is 2.42. The lowest BCUT2D eigenvalue weighted by Crippen LogP contribution is -2.37. The molecule has 0 saturated heterocycles. The Morgan fingerprint density at radius 3 is 2.45 bits per heavy atom. The highest BCUT2D eigenvalue weighted by molar-refractivity contribution is 5.93. The van der Waals surface area contributed by atoms with Crippen molar-refractivity contribution in [2.45, 2.75) is 13.8 Å². The van der Waals surface area contributed by atoms with Gasteiger partial charge in [-0.05, 0) is 25.5 Å². The van der Waals surface area contributed by atoms with Crippen LogP contribution in [-0.2, 0) is 14.3 Å². The van der Waals surface area contributed by atoms with E-state index in [1.54, 1.807) is 19.1 Å². The van der Waals surface area contributed by atoms with Crippen molar-refractivity contribution >= 4 is 17.8 Å². The number of hydrogen-bond donors (Lipinski definition) is 2. The van der Waals surface area contributed by atoms with E-state index in [-0.39, 0.29) is 12.5 Å². The molecule has 0 bridgehead atoms. The summed E-state index contributed by atoms with van der Waals surface area (Å²) in [4.78, 5) is 34.1. The number of hydrogen-bond acceptors (Lipinski definition) is 4. The Morgan fingerprint density at radius 2 is 1.85 bits per heavy atom. The zero-order chi connectivity index (χ0) is 15.1. The van der Waals surface area contributed by atoms with Crippen molar-refractivity contribution in [1.82, 2.24) is 10.6 Å². The van der Waals surface area contributed by atoms with Crippen LogP contribution in [0.2, 0.25) is 0 Å². The molecule has 1 aromatic rings. The maximum Gasteiger partial charge on any atom is 0.338 e. The third kappa shape index (κ3) is 4.72. The van der Waals surface area contributed by atoms with Crippen LogP contribution in [0.15, 0.2) is 18.2 Å². The molecule has 0 heterocycles. The van der Waals surface area contributed by atoms with E-state index in [2.05, 4.69) is 10.6 Å². The standard InChI is InChI=1S/C14H18N2O4/c1-9-4-5-11(10(2)6-9)14(19)20-8-13(18)16-7-12(17)15-3/h4-6H,7-8H2,1-3H3,(H,15,17)(H,16,18). The van der Waals surface area contributed by atoms with E-state index in [9.17, 15) is 14.4 Å². The third-order valence-corrected chi connectivity index (χ3v) is 2.66. The lowest BCUT2D eigenvalue weighted by molar-refractivity contribution is -0.127. The Balaban J connectivity index is 2.47. The van der Waals surface area contributed by atoms with Gasteiger partial charge >= 0.3 is 5.97 Å². The first-order chi connectivity index (χ1) is 9.43. The molecule has 0 aliphatic rings. The number of likely N-dealkylation sites (N-methyl/N-ethyl adjacent to an activating group) is 1. The Labute approximate surface area is 117 Å². The Morgan fingerprint density at radius 1 is 1.15 bits per heavy atom. The number of aryl methyl sites for hydroxylation is 2. The van der Waals surface area contributed by atoms with Gasteiger partial charge in [-0.1, -0.05) is 17.7 Å². The highest BCUT2D eigenvalue weighted by atomic mass is 16.5. The number of carbonyl (C=O) groups excluding carboxylic acids is 3. The van der Waals surface area contributed by atoms with Crippen LogP contribution in [0.25, 0.3) is 0 Å². The van der Waals surface area contributed by atoms with Crippen molar-refractivity contribution < 1.29 is 19.1 Å². The fourth-order valence-electron chi connectivity index (χ4n) is 1.57. The maximum absolute atomic E-state index is 11.8. The van der Waals surface area contributed by atoms with Gasteiger partial charge in [0.1, 0.15) is 0 Å². The predicted octanol–water partition coefficient (Wildman–Crippen LogP) is 0.322. The normalized spacial score (nSPS) is 9.75. The SMILES string of the molecule is CNC(=O)CNC(=O)COC(=O)c1ccc(C)cc1C. The minimum Gasteiger partial charge on any atom is -0.452 e. The summed E-state index contributed by atoms with van der Waals surface area (Å²) in [6.45, 7) is 3.17. The minimum atomic E-state index is -0.558. The van der Waals surface area contributed by atoms with Gasteiger partial charge in [-0.25, -0.2) is 4.79 Å². The van der Waals surface area contributed by atoms with Gasteiger partial charge in [0.15, 0.2) is 6.61 Å². The van der Waals surface area contributed by atoms with E-state index >= 15 is 0 Å². The Kier molecular flexibility index (Phi) is 5.71. The zero-order valence-electron chi connectivity index (χ0n) is 11.8. The van der Waals surface area contributed by atoms with Crippen LogP contribution in [0.4, 0.5) is 0 Å². The van der Waals surface area contributed by atoms with Gasteiger partial charge in [0.25, 0.3) is 5.91 Å². The molecule has 108 valence electrons. The van der Waals surface area contributed by atoms with Gasteiger partial charge in [0, 0.05) is 7.05 Å². The van der Waals surface area contributed by atoms with Crippen LogP contribution in [-0.4, -0.2) is 38.0 Å². The summed E-state index contributed by atoms with van der Waals surface area (Å²) >= 11 is 0. The topological polar surface area (TPSA) is 84.5 Å². The number of nitrogens with one attached hydrogen (secondary N) is 2. The second-order valence-electron chi connectivity index (χ2n) is 4.34. The summed E-state index contributed by atoms with van der Waals surface area (Å²) in [5, 5.41) is 4.70. The number of ether oxygens (including phenoxy) is 1. The van der Waals surface area contributed by atoms with Crippen LogP contribution >= 0.6 is 0 Å². The molecular weight excluding hydrogens is 260 g/mol.